The Kier molecular flexibility index (Phi) is 6.01. The molecule has 3 rings (SSSR count). The van der Waals surface area contributed by atoms with Gasteiger partial charge in [-0.05, 0) is 17.7 Å². The Bertz CT molecular complexity index is 1080. The number of thioether (sulfide) groups is 1. The lowest BCUT2D eigenvalue weighted by molar-refractivity contribution is -0.117. The number of nitrogens with zero attached hydrogens (tertiary/aromatic N) is 4. The van der Waals surface area contributed by atoms with E-state index in [0.29, 0.717) is 23.9 Å². The van der Waals surface area contributed by atoms with Crippen molar-refractivity contribution in [1.29, 1.82) is 0 Å². The number of rotatable bonds is 8. The number of primary amides is 1. The molecule has 0 fully saturated rings. The summed E-state index contributed by atoms with van der Waals surface area (Å²) in [5.74, 6) is -0.514. The SMILES string of the molecule is CCN(CC)S(=O)(=O)c1ccc2nnc(SC(C(N)=O)c3ccccc3)n2c1. The molecule has 148 valence electrons. The summed E-state index contributed by atoms with van der Waals surface area (Å²) >= 11 is 1.13. The average Bonchev–Trinajstić information content (AvgIpc) is 3.09. The highest BCUT2D eigenvalue weighted by atomic mass is 32.2. The Morgan fingerprint density at radius 3 is 2.43 bits per heavy atom. The van der Waals surface area contributed by atoms with Crippen LogP contribution in [0, 0.1) is 0 Å². The number of carbonyl (C=O) groups excluding carboxylic acids is 1. The van der Waals surface area contributed by atoms with Crippen LogP contribution in [0.5, 0.6) is 0 Å². The van der Waals surface area contributed by atoms with Gasteiger partial charge in [-0.3, -0.25) is 9.20 Å². The first-order valence-electron chi connectivity index (χ1n) is 8.74. The van der Waals surface area contributed by atoms with Gasteiger partial charge in [0.15, 0.2) is 10.8 Å². The van der Waals surface area contributed by atoms with Gasteiger partial charge in [-0.15, -0.1) is 10.2 Å². The van der Waals surface area contributed by atoms with Gasteiger partial charge in [0, 0.05) is 19.3 Å². The number of aromatic nitrogens is 3. The number of amides is 1. The predicted molar refractivity (Wildman–Crippen MR) is 107 cm³/mol. The zero-order valence-electron chi connectivity index (χ0n) is 15.5. The van der Waals surface area contributed by atoms with Crippen LogP contribution in [0.15, 0.2) is 58.7 Å². The van der Waals surface area contributed by atoms with E-state index in [0.717, 1.165) is 17.3 Å². The second-order valence-electron chi connectivity index (χ2n) is 5.98. The molecule has 28 heavy (non-hydrogen) atoms. The number of carbonyl (C=O) groups is 1. The van der Waals surface area contributed by atoms with Crippen LogP contribution in [-0.2, 0) is 14.8 Å². The van der Waals surface area contributed by atoms with Gasteiger partial charge in [-0.2, -0.15) is 4.31 Å². The number of hydrogen-bond donors (Lipinski definition) is 1. The van der Waals surface area contributed by atoms with E-state index in [1.165, 1.54) is 16.6 Å². The van der Waals surface area contributed by atoms with E-state index in [2.05, 4.69) is 10.2 Å². The lowest BCUT2D eigenvalue weighted by Crippen LogP contribution is -2.30. The average molecular weight is 420 g/mol. The molecule has 0 saturated carbocycles. The minimum Gasteiger partial charge on any atom is -0.368 e. The van der Waals surface area contributed by atoms with Gasteiger partial charge in [0.25, 0.3) is 0 Å². The van der Waals surface area contributed by atoms with Gasteiger partial charge < -0.3 is 5.73 Å². The van der Waals surface area contributed by atoms with Crippen molar-refractivity contribution in [3.05, 3.63) is 54.2 Å². The molecule has 0 aliphatic heterocycles. The molecule has 0 bridgehead atoms. The maximum atomic E-state index is 12.8. The highest BCUT2D eigenvalue weighted by molar-refractivity contribution is 8.00. The van der Waals surface area contributed by atoms with Crippen LogP contribution in [0.2, 0.25) is 0 Å². The zero-order valence-corrected chi connectivity index (χ0v) is 17.2. The third-order valence-electron chi connectivity index (χ3n) is 4.27. The molecule has 0 aliphatic carbocycles. The van der Waals surface area contributed by atoms with Crippen molar-refractivity contribution in [2.45, 2.75) is 29.1 Å². The van der Waals surface area contributed by atoms with E-state index >= 15 is 0 Å². The van der Waals surface area contributed by atoms with E-state index in [-0.39, 0.29) is 4.90 Å². The molecule has 1 aromatic carbocycles. The third-order valence-corrected chi connectivity index (χ3v) is 7.53. The molecular formula is C18H21N5O3S2. The van der Waals surface area contributed by atoms with Gasteiger partial charge in [0.1, 0.15) is 5.25 Å². The van der Waals surface area contributed by atoms with E-state index < -0.39 is 21.2 Å². The van der Waals surface area contributed by atoms with E-state index in [1.807, 2.05) is 30.3 Å². The minimum atomic E-state index is -3.63. The normalized spacial score (nSPS) is 13.1. The van der Waals surface area contributed by atoms with Gasteiger partial charge >= 0.3 is 0 Å². The lowest BCUT2D eigenvalue weighted by Gasteiger charge is -2.18. The Morgan fingerprint density at radius 2 is 1.82 bits per heavy atom. The summed E-state index contributed by atoms with van der Waals surface area (Å²) in [6, 6.07) is 12.2. The first-order valence-corrected chi connectivity index (χ1v) is 11.1. The smallest absolute Gasteiger partial charge is 0.244 e. The van der Waals surface area contributed by atoms with Gasteiger partial charge in [0.05, 0.1) is 4.90 Å². The van der Waals surface area contributed by atoms with Gasteiger partial charge in [-0.1, -0.05) is 55.9 Å². The van der Waals surface area contributed by atoms with E-state index in [1.54, 1.807) is 24.3 Å². The lowest BCUT2D eigenvalue weighted by atomic mass is 10.1. The molecule has 1 unspecified atom stereocenters. The molecule has 3 aromatic rings. The molecule has 2 aromatic heterocycles. The van der Waals surface area contributed by atoms with Crippen LogP contribution in [0.3, 0.4) is 0 Å². The second-order valence-corrected chi connectivity index (χ2v) is 8.99. The fraction of sp³-hybridized carbons (Fsp3) is 0.278. The Labute approximate surface area is 167 Å². The van der Waals surface area contributed by atoms with Crippen LogP contribution in [-0.4, -0.2) is 46.3 Å². The second kappa shape index (κ2) is 8.29. The number of nitrogens with two attached hydrogens (primary N) is 1. The predicted octanol–water partition coefficient (Wildman–Crippen LogP) is 2.08. The molecule has 2 N–H and O–H groups in total. The van der Waals surface area contributed by atoms with Crippen molar-refractivity contribution >= 4 is 33.3 Å². The van der Waals surface area contributed by atoms with Gasteiger partial charge in [0.2, 0.25) is 15.9 Å². The molecule has 0 saturated heterocycles. The quantitative estimate of drug-likeness (QED) is 0.560. The van der Waals surface area contributed by atoms with Crippen LogP contribution >= 0.6 is 11.8 Å². The maximum Gasteiger partial charge on any atom is 0.244 e. The highest BCUT2D eigenvalue weighted by Gasteiger charge is 2.25. The summed E-state index contributed by atoms with van der Waals surface area (Å²) in [7, 11) is -3.63. The monoisotopic (exact) mass is 419 g/mol. The number of pyridine rings is 1. The summed E-state index contributed by atoms with van der Waals surface area (Å²) in [6.07, 6.45) is 1.48. The molecule has 0 radical (unpaired) electrons. The maximum absolute atomic E-state index is 12.8. The largest absolute Gasteiger partial charge is 0.368 e. The Morgan fingerprint density at radius 1 is 1.14 bits per heavy atom. The van der Waals surface area contributed by atoms with E-state index in [9.17, 15) is 13.2 Å². The summed E-state index contributed by atoms with van der Waals surface area (Å²) in [6.45, 7) is 4.32. The van der Waals surface area contributed by atoms with E-state index in [4.69, 9.17) is 5.73 Å². The topological polar surface area (TPSA) is 111 Å². The fourth-order valence-corrected chi connectivity index (χ4v) is 5.24. The molecule has 0 spiro atoms. The fourth-order valence-electron chi connectivity index (χ4n) is 2.82. The number of benzene rings is 1. The standard InChI is InChI=1S/C18H21N5O3S2/c1-3-22(4-2)28(25,26)14-10-11-15-20-21-18(23(15)12-14)27-16(17(19)24)13-8-6-5-7-9-13/h5-12,16H,3-4H2,1-2H3,(H2,19,24). The van der Waals surface area contributed by atoms with Crippen molar-refractivity contribution in [2.24, 2.45) is 5.73 Å². The van der Waals surface area contributed by atoms with Crippen LogP contribution in [0.25, 0.3) is 5.65 Å². The molecule has 8 nitrogen and oxygen atoms in total. The summed E-state index contributed by atoms with van der Waals surface area (Å²) in [5, 5.41) is 7.89. The molecule has 2 heterocycles. The van der Waals surface area contributed by atoms with Crippen molar-refractivity contribution in [2.75, 3.05) is 13.1 Å². The summed E-state index contributed by atoms with van der Waals surface area (Å²) < 4.78 is 28.6. The molecule has 1 amide bonds. The first-order chi connectivity index (χ1) is 13.4. The Hall–Kier alpha value is -2.43. The first kappa shape index (κ1) is 20.3. The van der Waals surface area contributed by atoms with Crippen molar-refractivity contribution in [3.8, 4) is 0 Å². The molecule has 0 aliphatic rings. The Balaban J connectivity index is 2.02. The van der Waals surface area contributed by atoms with Crippen molar-refractivity contribution in [1.82, 2.24) is 18.9 Å². The summed E-state index contributed by atoms with van der Waals surface area (Å²) in [4.78, 5) is 12.1. The molecule has 1 atom stereocenters. The third kappa shape index (κ3) is 3.89. The zero-order chi connectivity index (χ0) is 20.3. The summed E-state index contributed by atoms with van der Waals surface area (Å²) in [5.41, 5.74) is 6.81. The number of hydrogen-bond acceptors (Lipinski definition) is 6. The van der Waals surface area contributed by atoms with Crippen molar-refractivity contribution in [3.63, 3.8) is 0 Å². The van der Waals surface area contributed by atoms with Crippen LogP contribution < -0.4 is 5.73 Å². The van der Waals surface area contributed by atoms with Crippen LogP contribution in [0.1, 0.15) is 24.7 Å². The number of fused-ring (bicyclic) bond motifs is 1. The highest BCUT2D eigenvalue weighted by Crippen LogP contribution is 2.34. The van der Waals surface area contributed by atoms with Gasteiger partial charge in [-0.25, -0.2) is 8.42 Å². The van der Waals surface area contributed by atoms with Crippen molar-refractivity contribution < 1.29 is 13.2 Å². The molecular weight excluding hydrogens is 398 g/mol. The molecule has 10 heteroatoms. The minimum absolute atomic E-state index is 0.140. The number of sulfonamides is 1. The van der Waals surface area contributed by atoms with Crippen LogP contribution in [0.4, 0.5) is 0 Å².